The highest BCUT2D eigenvalue weighted by atomic mass is 16.5. The zero-order chi connectivity index (χ0) is 13.8. The van der Waals surface area contributed by atoms with E-state index >= 15 is 0 Å². The fourth-order valence-corrected chi connectivity index (χ4v) is 3.50. The van der Waals surface area contributed by atoms with Crippen LogP contribution in [-0.2, 0) is 10.3 Å². The average molecular weight is 276 g/mol. The van der Waals surface area contributed by atoms with Crippen molar-refractivity contribution in [3.63, 3.8) is 0 Å². The highest BCUT2D eigenvalue weighted by Gasteiger charge is 2.40. The lowest BCUT2D eigenvalue weighted by molar-refractivity contribution is -0.0374. The molecule has 1 N–H and O–H groups in total. The Morgan fingerprint density at radius 2 is 1.95 bits per heavy atom. The molecule has 0 atom stereocenters. The first kappa shape index (κ1) is 13.9. The Bertz CT molecular complexity index is 438. The van der Waals surface area contributed by atoms with Gasteiger partial charge in [-0.1, -0.05) is 12.1 Å². The van der Waals surface area contributed by atoms with Crippen LogP contribution in [0.2, 0.25) is 0 Å². The number of methoxy groups -OCH3 is 1. The molecule has 0 amide bonds. The normalized spacial score (nSPS) is 23.4. The minimum atomic E-state index is 0.120. The lowest BCUT2D eigenvalue weighted by Crippen LogP contribution is -2.56. The molecule has 2 saturated heterocycles. The molecule has 0 radical (unpaired) electrons. The van der Waals surface area contributed by atoms with Crippen LogP contribution in [0.1, 0.15) is 18.4 Å². The monoisotopic (exact) mass is 276 g/mol. The summed E-state index contributed by atoms with van der Waals surface area (Å²) in [6.07, 6.45) is 2.14. The van der Waals surface area contributed by atoms with E-state index in [0.717, 1.165) is 58.0 Å². The molecule has 4 nitrogen and oxygen atoms in total. The number of ether oxygens (including phenoxy) is 2. The van der Waals surface area contributed by atoms with Crippen LogP contribution in [-0.4, -0.2) is 51.4 Å². The van der Waals surface area contributed by atoms with Crippen molar-refractivity contribution in [3.8, 4) is 5.75 Å². The summed E-state index contributed by atoms with van der Waals surface area (Å²) in [5.41, 5.74) is 1.50. The van der Waals surface area contributed by atoms with Gasteiger partial charge in [-0.2, -0.15) is 0 Å². The van der Waals surface area contributed by atoms with Crippen LogP contribution in [0.25, 0.3) is 0 Å². The van der Waals surface area contributed by atoms with Gasteiger partial charge < -0.3 is 14.8 Å². The van der Waals surface area contributed by atoms with Gasteiger partial charge in [-0.25, -0.2) is 0 Å². The van der Waals surface area contributed by atoms with E-state index in [2.05, 4.69) is 28.4 Å². The quantitative estimate of drug-likeness (QED) is 0.909. The summed E-state index contributed by atoms with van der Waals surface area (Å²) in [4.78, 5) is 2.64. The largest absolute Gasteiger partial charge is 0.497 e. The van der Waals surface area contributed by atoms with Gasteiger partial charge >= 0.3 is 0 Å². The smallest absolute Gasteiger partial charge is 0.119 e. The third-order valence-corrected chi connectivity index (χ3v) is 4.65. The molecular formula is C16H24N2O2. The van der Waals surface area contributed by atoms with Crippen molar-refractivity contribution in [2.75, 3.05) is 46.5 Å². The van der Waals surface area contributed by atoms with Crippen LogP contribution in [0.4, 0.5) is 0 Å². The summed E-state index contributed by atoms with van der Waals surface area (Å²) in [5.74, 6) is 0.948. The molecule has 2 fully saturated rings. The SMILES string of the molecule is COc1cccc(C2(N3CCNCC3)CCOCC2)c1. The van der Waals surface area contributed by atoms with Crippen molar-refractivity contribution >= 4 is 0 Å². The first-order valence-electron chi connectivity index (χ1n) is 7.53. The number of piperazine rings is 1. The van der Waals surface area contributed by atoms with Crippen molar-refractivity contribution in [2.45, 2.75) is 18.4 Å². The molecule has 0 aliphatic carbocycles. The minimum absolute atomic E-state index is 0.120. The zero-order valence-electron chi connectivity index (χ0n) is 12.2. The van der Waals surface area contributed by atoms with Crippen LogP contribution in [0.3, 0.4) is 0 Å². The minimum Gasteiger partial charge on any atom is -0.497 e. The lowest BCUT2D eigenvalue weighted by Gasteiger charge is -2.48. The second-order valence-electron chi connectivity index (χ2n) is 5.61. The molecule has 3 rings (SSSR count). The van der Waals surface area contributed by atoms with Gasteiger partial charge in [0.1, 0.15) is 5.75 Å². The maximum absolute atomic E-state index is 5.62. The van der Waals surface area contributed by atoms with E-state index in [1.807, 2.05) is 6.07 Å². The number of nitrogens with zero attached hydrogens (tertiary/aromatic N) is 1. The van der Waals surface area contributed by atoms with Gasteiger partial charge in [0, 0.05) is 39.4 Å². The second-order valence-corrected chi connectivity index (χ2v) is 5.61. The molecular weight excluding hydrogens is 252 g/mol. The third kappa shape index (κ3) is 2.55. The van der Waals surface area contributed by atoms with Crippen LogP contribution in [0, 0.1) is 0 Å². The predicted octanol–water partition coefficient (Wildman–Crippen LogP) is 1.61. The summed E-state index contributed by atoms with van der Waals surface area (Å²) in [6.45, 7) is 6.07. The average Bonchev–Trinajstić information content (AvgIpc) is 2.56. The van der Waals surface area contributed by atoms with Gasteiger partial charge in [0.15, 0.2) is 0 Å². The first-order valence-corrected chi connectivity index (χ1v) is 7.53. The number of hydrogen-bond donors (Lipinski definition) is 1. The summed E-state index contributed by atoms with van der Waals surface area (Å²) >= 11 is 0. The van der Waals surface area contributed by atoms with Crippen LogP contribution in [0.15, 0.2) is 24.3 Å². The zero-order valence-corrected chi connectivity index (χ0v) is 12.2. The molecule has 2 aliphatic rings. The van der Waals surface area contributed by atoms with Gasteiger partial charge in [-0.15, -0.1) is 0 Å². The Labute approximate surface area is 121 Å². The first-order chi connectivity index (χ1) is 9.85. The molecule has 0 bridgehead atoms. The summed E-state index contributed by atoms with van der Waals surface area (Å²) in [5, 5.41) is 3.45. The van der Waals surface area contributed by atoms with E-state index in [4.69, 9.17) is 9.47 Å². The lowest BCUT2D eigenvalue weighted by atomic mass is 9.80. The molecule has 0 unspecified atom stereocenters. The summed E-state index contributed by atoms with van der Waals surface area (Å²) in [7, 11) is 1.74. The van der Waals surface area contributed by atoms with Gasteiger partial charge in [0.2, 0.25) is 0 Å². The third-order valence-electron chi connectivity index (χ3n) is 4.65. The number of rotatable bonds is 3. The van der Waals surface area contributed by atoms with Crippen molar-refractivity contribution in [1.82, 2.24) is 10.2 Å². The number of benzene rings is 1. The Kier molecular flexibility index (Phi) is 4.24. The maximum atomic E-state index is 5.62. The Morgan fingerprint density at radius 3 is 2.65 bits per heavy atom. The Balaban J connectivity index is 1.95. The van der Waals surface area contributed by atoms with Crippen LogP contribution in [0.5, 0.6) is 5.75 Å². The van der Waals surface area contributed by atoms with E-state index in [9.17, 15) is 0 Å². The van der Waals surface area contributed by atoms with Crippen molar-refractivity contribution < 1.29 is 9.47 Å². The van der Waals surface area contributed by atoms with E-state index in [-0.39, 0.29) is 5.54 Å². The van der Waals surface area contributed by atoms with Crippen molar-refractivity contribution in [2.24, 2.45) is 0 Å². The molecule has 1 aromatic rings. The van der Waals surface area contributed by atoms with Gasteiger partial charge in [0.25, 0.3) is 0 Å². The molecule has 2 aliphatic heterocycles. The van der Waals surface area contributed by atoms with Crippen molar-refractivity contribution in [1.29, 1.82) is 0 Å². The second kappa shape index (κ2) is 6.12. The molecule has 20 heavy (non-hydrogen) atoms. The predicted molar refractivity (Wildman–Crippen MR) is 79.2 cm³/mol. The molecule has 0 saturated carbocycles. The van der Waals surface area contributed by atoms with Crippen LogP contribution < -0.4 is 10.1 Å². The molecule has 1 aromatic carbocycles. The van der Waals surface area contributed by atoms with E-state index in [0.29, 0.717) is 0 Å². The van der Waals surface area contributed by atoms with Gasteiger partial charge in [0.05, 0.1) is 12.6 Å². The Hall–Kier alpha value is -1.10. The fraction of sp³-hybridized carbons (Fsp3) is 0.625. The number of hydrogen-bond acceptors (Lipinski definition) is 4. The topological polar surface area (TPSA) is 33.7 Å². The van der Waals surface area contributed by atoms with E-state index < -0.39 is 0 Å². The van der Waals surface area contributed by atoms with E-state index in [1.165, 1.54) is 5.56 Å². The maximum Gasteiger partial charge on any atom is 0.119 e. The fourth-order valence-electron chi connectivity index (χ4n) is 3.50. The van der Waals surface area contributed by atoms with Crippen molar-refractivity contribution in [3.05, 3.63) is 29.8 Å². The molecule has 0 aromatic heterocycles. The highest BCUT2D eigenvalue weighted by molar-refractivity contribution is 5.34. The molecule has 2 heterocycles. The summed E-state index contributed by atoms with van der Waals surface area (Å²) < 4.78 is 11.0. The standard InChI is InChI=1S/C16H24N2O2/c1-19-15-4-2-3-14(13-15)16(5-11-20-12-6-16)18-9-7-17-8-10-18/h2-4,13,17H,5-12H2,1H3. The molecule has 110 valence electrons. The molecule has 4 heteroatoms. The highest BCUT2D eigenvalue weighted by Crippen LogP contribution is 2.39. The summed E-state index contributed by atoms with van der Waals surface area (Å²) in [6, 6.07) is 8.57. The van der Waals surface area contributed by atoms with Gasteiger partial charge in [-0.05, 0) is 30.5 Å². The number of nitrogens with one attached hydrogen (secondary N) is 1. The van der Waals surface area contributed by atoms with Gasteiger partial charge in [-0.3, -0.25) is 4.90 Å². The van der Waals surface area contributed by atoms with Crippen LogP contribution >= 0.6 is 0 Å². The molecule has 0 spiro atoms. The van der Waals surface area contributed by atoms with E-state index in [1.54, 1.807) is 7.11 Å². The Morgan fingerprint density at radius 1 is 1.20 bits per heavy atom.